The Bertz CT molecular complexity index is 669. The van der Waals surface area contributed by atoms with Crippen LogP contribution in [0.25, 0.3) is 11.3 Å². The Morgan fingerprint density at radius 3 is 2.79 bits per heavy atom. The summed E-state index contributed by atoms with van der Waals surface area (Å²) in [6.45, 7) is 7.19. The highest BCUT2D eigenvalue weighted by Gasteiger charge is 2.28. The molecule has 0 unspecified atom stereocenters. The minimum Gasteiger partial charge on any atom is -0.335 e. The first kappa shape index (κ1) is 18.4. The van der Waals surface area contributed by atoms with Crippen LogP contribution in [0.3, 0.4) is 0 Å². The molecule has 0 aliphatic rings. The van der Waals surface area contributed by atoms with E-state index in [0.717, 1.165) is 17.8 Å². The lowest BCUT2D eigenvalue weighted by atomic mass is 9.85. The topological polar surface area (TPSA) is 70.1 Å². The van der Waals surface area contributed by atoms with Gasteiger partial charge in [0, 0.05) is 35.9 Å². The molecule has 0 bridgehead atoms. The van der Waals surface area contributed by atoms with Crippen molar-refractivity contribution in [2.45, 2.75) is 26.8 Å². The zero-order valence-corrected chi connectivity index (χ0v) is 15.6. The highest BCUT2D eigenvalue weighted by Crippen LogP contribution is 2.24. The standard InChI is InChI=1S/C17H25N5OS/c1-12(17(2,3)11-22(4)5)19-15(23)21-16-20-14(10-24-16)13-7-6-8-18-9-13/h6-10,12H,11H2,1-5H3,(H2,19,20,21,23)/t12-/m1/s1. The number of carbonyl (C=O) groups excluding carboxylic acids is 1. The van der Waals surface area contributed by atoms with Crippen molar-refractivity contribution in [3.8, 4) is 11.3 Å². The molecule has 0 aliphatic heterocycles. The Hall–Kier alpha value is -1.99. The minimum atomic E-state index is -0.235. The number of nitrogens with zero attached hydrogens (tertiary/aromatic N) is 3. The summed E-state index contributed by atoms with van der Waals surface area (Å²) in [4.78, 5) is 22.9. The van der Waals surface area contributed by atoms with Crippen molar-refractivity contribution in [2.24, 2.45) is 5.41 Å². The van der Waals surface area contributed by atoms with Crippen LogP contribution in [0.15, 0.2) is 29.9 Å². The van der Waals surface area contributed by atoms with Gasteiger partial charge < -0.3 is 10.2 Å². The number of pyridine rings is 1. The van der Waals surface area contributed by atoms with Gasteiger partial charge in [0.05, 0.1) is 5.69 Å². The number of hydrogen-bond donors (Lipinski definition) is 2. The monoisotopic (exact) mass is 347 g/mol. The lowest BCUT2D eigenvalue weighted by molar-refractivity contribution is 0.183. The summed E-state index contributed by atoms with van der Waals surface area (Å²) in [5, 5.41) is 8.29. The summed E-state index contributed by atoms with van der Waals surface area (Å²) in [6.07, 6.45) is 3.48. The SMILES string of the molecule is C[C@@H](NC(=O)Nc1nc(-c2cccnc2)cs1)C(C)(C)CN(C)C. The largest absolute Gasteiger partial charge is 0.335 e. The van der Waals surface area contributed by atoms with Crippen LogP contribution in [0.2, 0.25) is 0 Å². The summed E-state index contributed by atoms with van der Waals surface area (Å²) >= 11 is 1.40. The summed E-state index contributed by atoms with van der Waals surface area (Å²) in [5.74, 6) is 0. The summed E-state index contributed by atoms with van der Waals surface area (Å²) in [5.41, 5.74) is 1.71. The van der Waals surface area contributed by atoms with Crippen molar-refractivity contribution in [2.75, 3.05) is 26.0 Å². The molecule has 0 radical (unpaired) electrons. The molecule has 0 spiro atoms. The smallest absolute Gasteiger partial charge is 0.321 e. The summed E-state index contributed by atoms with van der Waals surface area (Å²) in [7, 11) is 4.06. The number of amides is 2. The maximum Gasteiger partial charge on any atom is 0.321 e. The molecule has 130 valence electrons. The lowest BCUT2D eigenvalue weighted by Crippen LogP contribution is -2.48. The molecule has 24 heavy (non-hydrogen) atoms. The second-order valence-corrected chi connectivity index (χ2v) is 7.68. The van der Waals surface area contributed by atoms with Gasteiger partial charge in [-0.3, -0.25) is 10.3 Å². The van der Waals surface area contributed by atoms with E-state index in [4.69, 9.17) is 0 Å². The van der Waals surface area contributed by atoms with E-state index in [1.807, 2.05) is 38.5 Å². The Labute approximate surface area is 147 Å². The third-order valence-electron chi connectivity index (χ3n) is 3.93. The molecular weight excluding hydrogens is 322 g/mol. The van der Waals surface area contributed by atoms with Crippen LogP contribution >= 0.6 is 11.3 Å². The molecule has 2 aromatic rings. The van der Waals surface area contributed by atoms with Gasteiger partial charge in [0.15, 0.2) is 5.13 Å². The third kappa shape index (κ3) is 5.01. The number of anilines is 1. The molecule has 2 N–H and O–H groups in total. The van der Waals surface area contributed by atoms with Gasteiger partial charge in [0.25, 0.3) is 0 Å². The molecule has 0 saturated carbocycles. The summed E-state index contributed by atoms with van der Waals surface area (Å²) < 4.78 is 0. The minimum absolute atomic E-state index is 0.0256. The summed E-state index contributed by atoms with van der Waals surface area (Å²) in [6, 6.07) is 3.60. The van der Waals surface area contributed by atoms with Crippen molar-refractivity contribution < 1.29 is 4.79 Å². The van der Waals surface area contributed by atoms with Gasteiger partial charge >= 0.3 is 6.03 Å². The first-order valence-electron chi connectivity index (χ1n) is 7.86. The molecule has 2 rings (SSSR count). The van der Waals surface area contributed by atoms with Gasteiger partial charge in [0.2, 0.25) is 0 Å². The predicted octanol–water partition coefficient (Wildman–Crippen LogP) is 3.30. The molecule has 0 saturated heterocycles. The van der Waals surface area contributed by atoms with Crippen molar-refractivity contribution in [3.05, 3.63) is 29.9 Å². The van der Waals surface area contributed by atoms with E-state index in [1.165, 1.54) is 11.3 Å². The van der Waals surface area contributed by atoms with Gasteiger partial charge in [-0.05, 0) is 38.6 Å². The van der Waals surface area contributed by atoms with E-state index in [9.17, 15) is 4.79 Å². The number of thiazole rings is 1. The Morgan fingerprint density at radius 2 is 2.17 bits per heavy atom. The maximum absolute atomic E-state index is 12.2. The number of aromatic nitrogens is 2. The Balaban J connectivity index is 1.94. The van der Waals surface area contributed by atoms with Crippen molar-refractivity contribution >= 4 is 22.5 Å². The highest BCUT2D eigenvalue weighted by molar-refractivity contribution is 7.14. The predicted molar refractivity (Wildman–Crippen MR) is 99.3 cm³/mol. The molecule has 2 heterocycles. The van der Waals surface area contributed by atoms with Crippen LogP contribution in [0.5, 0.6) is 0 Å². The number of urea groups is 1. The Morgan fingerprint density at radius 1 is 1.42 bits per heavy atom. The molecule has 0 aliphatic carbocycles. The second kappa shape index (κ2) is 7.72. The fourth-order valence-electron chi connectivity index (χ4n) is 2.46. The molecule has 0 aromatic carbocycles. The fourth-order valence-corrected chi connectivity index (χ4v) is 3.17. The maximum atomic E-state index is 12.2. The van der Waals surface area contributed by atoms with Crippen LogP contribution in [0.1, 0.15) is 20.8 Å². The number of nitrogens with one attached hydrogen (secondary N) is 2. The van der Waals surface area contributed by atoms with E-state index in [1.54, 1.807) is 12.4 Å². The van der Waals surface area contributed by atoms with E-state index in [0.29, 0.717) is 5.13 Å². The van der Waals surface area contributed by atoms with Crippen LogP contribution in [-0.4, -0.2) is 47.6 Å². The zero-order chi connectivity index (χ0) is 17.7. The lowest BCUT2D eigenvalue weighted by Gasteiger charge is -2.34. The van der Waals surface area contributed by atoms with Crippen LogP contribution < -0.4 is 10.6 Å². The molecule has 2 amide bonds. The average molecular weight is 347 g/mol. The van der Waals surface area contributed by atoms with E-state index in [2.05, 4.69) is 39.3 Å². The molecule has 1 atom stereocenters. The molecule has 7 heteroatoms. The number of carbonyl (C=O) groups is 1. The molecule has 6 nitrogen and oxygen atoms in total. The van der Waals surface area contributed by atoms with E-state index in [-0.39, 0.29) is 17.5 Å². The van der Waals surface area contributed by atoms with Crippen LogP contribution in [0, 0.1) is 5.41 Å². The van der Waals surface area contributed by atoms with Crippen molar-refractivity contribution in [1.82, 2.24) is 20.2 Å². The quantitative estimate of drug-likeness (QED) is 0.841. The number of rotatable bonds is 6. The van der Waals surface area contributed by atoms with Crippen molar-refractivity contribution in [1.29, 1.82) is 0 Å². The van der Waals surface area contributed by atoms with Gasteiger partial charge in [-0.15, -0.1) is 11.3 Å². The fraction of sp³-hybridized carbons (Fsp3) is 0.471. The molecular formula is C17H25N5OS. The van der Waals surface area contributed by atoms with Crippen LogP contribution in [-0.2, 0) is 0 Å². The van der Waals surface area contributed by atoms with Crippen LogP contribution in [0.4, 0.5) is 9.93 Å². The molecule has 0 fully saturated rings. The third-order valence-corrected chi connectivity index (χ3v) is 4.68. The molecule has 2 aromatic heterocycles. The highest BCUT2D eigenvalue weighted by atomic mass is 32.1. The van der Waals surface area contributed by atoms with Crippen molar-refractivity contribution in [3.63, 3.8) is 0 Å². The van der Waals surface area contributed by atoms with E-state index < -0.39 is 0 Å². The first-order chi connectivity index (χ1) is 11.3. The number of hydrogen-bond acceptors (Lipinski definition) is 5. The van der Waals surface area contributed by atoms with Gasteiger partial charge in [-0.2, -0.15) is 0 Å². The average Bonchev–Trinajstić information content (AvgIpc) is 2.95. The van der Waals surface area contributed by atoms with E-state index >= 15 is 0 Å². The van der Waals surface area contributed by atoms with Gasteiger partial charge in [-0.25, -0.2) is 9.78 Å². The zero-order valence-electron chi connectivity index (χ0n) is 14.8. The van der Waals surface area contributed by atoms with Gasteiger partial charge in [0.1, 0.15) is 0 Å². The van der Waals surface area contributed by atoms with Gasteiger partial charge in [-0.1, -0.05) is 13.8 Å². The normalized spacial score (nSPS) is 12.9. The Kier molecular flexibility index (Phi) is 5.90. The second-order valence-electron chi connectivity index (χ2n) is 6.83. The first-order valence-corrected chi connectivity index (χ1v) is 8.74.